The Morgan fingerprint density at radius 1 is 1.12 bits per heavy atom. The van der Waals surface area contributed by atoms with Gasteiger partial charge in [0.05, 0.1) is 18.7 Å². The Balaban J connectivity index is 1.48. The fourth-order valence-corrected chi connectivity index (χ4v) is 5.49. The van der Waals surface area contributed by atoms with Gasteiger partial charge >= 0.3 is 6.09 Å². The van der Waals surface area contributed by atoms with E-state index in [-0.39, 0.29) is 23.9 Å². The van der Waals surface area contributed by atoms with Gasteiger partial charge in [0, 0.05) is 35.1 Å². The molecule has 0 saturated carbocycles. The molecule has 3 heterocycles. The molecular weight excluding hydrogens is 578 g/mol. The molecule has 2 aromatic carbocycles. The van der Waals surface area contributed by atoms with Crippen LogP contribution < -0.4 is 10.1 Å². The highest BCUT2D eigenvalue weighted by atomic mass is 79.9. The second-order valence-electron chi connectivity index (χ2n) is 11.0. The van der Waals surface area contributed by atoms with Crippen LogP contribution in [0, 0.1) is 5.41 Å². The number of ether oxygens (including phenoxy) is 1. The van der Waals surface area contributed by atoms with Crippen molar-refractivity contribution in [1.82, 2.24) is 29.4 Å². The van der Waals surface area contributed by atoms with Crippen molar-refractivity contribution in [2.45, 2.75) is 39.8 Å². The Labute approximate surface area is 240 Å². The maximum Gasteiger partial charge on any atom is 0.407 e. The summed E-state index contributed by atoms with van der Waals surface area (Å²) in [6.45, 7) is 8.64. The van der Waals surface area contributed by atoms with Crippen LogP contribution in [0.15, 0.2) is 46.9 Å². The maximum atomic E-state index is 13.6. The monoisotopic (exact) mass is 609 g/mol. The van der Waals surface area contributed by atoms with Gasteiger partial charge in [-0.2, -0.15) is 4.52 Å². The number of halogens is 1. The number of rotatable bonds is 5. The number of amides is 2. The molecule has 1 fully saturated rings. The SMILES string of the molecule is COc1ccc(-c2nc3c4cccc(Br)c4nc(N[C@H](C)C(=O)N4CCN(C(=O)O)C(C(C)(C)C)C4)n3n2)cc1. The number of aromatic nitrogens is 4. The molecule has 1 aliphatic heterocycles. The minimum atomic E-state index is -0.967. The van der Waals surface area contributed by atoms with E-state index in [9.17, 15) is 14.7 Å². The lowest BCUT2D eigenvalue weighted by Crippen LogP contribution is -2.61. The van der Waals surface area contributed by atoms with Crippen LogP contribution in [0.4, 0.5) is 10.7 Å². The van der Waals surface area contributed by atoms with Gasteiger partial charge in [0.25, 0.3) is 0 Å². The molecular formula is C28H32BrN7O4. The number of hydrogen-bond donors (Lipinski definition) is 2. The van der Waals surface area contributed by atoms with Gasteiger partial charge in [-0.15, -0.1) is 5.10 Å². The number of anilines is 1. The minimum absolute atomic E-state index is 0.142. The number of para-hydroxylation sites is 1. The highest BCUT2D eigenvalue weighted by Gasteiger charge is 2.40. The third-order valence-electron chi connectivity index (χ3n) is 7.25. The molecule has 1 unspecified atom stereocenters. The van der Waals surface area contributed by atoms with Crippen molar-refractivity contribution < 1.29 is 19.4 Å². The molecule has 12 heteroatoms. The molecule has 11 nitrogen and oxygen atoms in total. The smallest absolute Gasteiger partial charge is 0.407 e. The number of hydrogen-bond acceptors (Lipinski definition) is 7. The summed E-state index contributed by atoms with van der Waals surface area (Å²) in [6.07, 6.45) is -0.967. The van der Waals surface area contributed by atoms with Gasteiger partial charge in [0.15, 0.2) is 11.5 Å². The minimum Gasteiger partial charge on any atom is -0.497 e. The molecule has 5 rings (SSSR count). The number of fused-ring (bicyclic) bond motifs is 3. The Morgan fingerprint density at radius 3 is 2.50 bits per heavy atom. The first-order valence-corrected chi connectivity index (χ1v) is 13.8. The van der Waals surface area contributed by atoms with Crippen molar-refractivity contribution in [3.8, 4) is 17.1 Å². The summed E-state index contributed by atoms with van der Waals surface area (Å²) >= 11 is 3.60. The largest absolute Gasteiger partial charge is 0.497 e. The highest BCUT2D eigenvalue weighted by Crippen LogP contribution is 2.31. The Kier molecular flexibility index (Phi) is 7.30. The van der Waals surface area contributed by atoms with Crippen LogP contribution in [-0.2, 0) is 4.79 Å². The number of benzene rings is 2. The van der Waals surface area contributed by atoms with Crippen molar-refractivity contribution in [2.75, 3.05) is 32.1 Å². The molecule has 2 aromatic heterocycles. The summed E-state index contributed by atoms with van der Waals surface area (Å²) in [6, 6.07) is 12.3. The van der Waals surface area contributed by atoms with Crippen molar-refractivity contribution in [3.63, 3.8) is 0 Å². The first-order valence-electron chi connectivity index (χ1n) is 13.0. The van der Waals surface area contributed by atoms with E-state index in [1.807, 2.05) is 63.2 Å². The van der Waals surface area contributed by atoms with E-state index in [1.54, 1.807) is 23.4 Å². The van der Waals surface area contributed by atoms with Gasteiger partial charge in [-0.3, -0.25) is 4.79 Å². The van der Waals surface area contributed by atoms with Crippen LogP contribution in [0.2, 0.25) is 0 Å². The molecule has 210 valence electrons. The zero-order valence-corrected chi connectivity index (χ0v) is 24.6. The fourth-order valence-electron chi connectivity index (χ4n) is 5.04. The van der Waals surface area contributed by atoms with Crippen LogP contribution in [-0.4, -0.2) is 85.3 Å². The Hall–Kier alpha value is -3.93. The molecule has 0 bridgehead atoms. The molecule has 0 spiro atoms. The van der Waals surface area contributed by atoms with Crippen LogP contribution in [0.1, 0.15) is 27.7 Å². The van der Waals surface area contributed by atoms with Gasteiger partial charge in [0.1, 0.15) is 11.8 Å². The zero-order chi connectivity index (χ0) is 28.8. The van der Waals surface area contributed by atoms with E-state index in [1.165, 1.54) is 4.90 Å². The second kappa shape index (κ2) is 10.6. The van der Waals surface area contributed by atoms with Gasteiger partial charge in [0.2, 0.25) is 11.9 Å². The molecule has 4 aromatic rings. The number of methoxy groups -OCH3 is 1. The standard InChI is InChI=1S/C28H32BrN7O4/c1-16(25(37)34-13-14-35(27(38)39)21(15-34)28(2,3)4)30-26-31-22-19(7-6-8-20(22)29)24-32-23(33-36(24)26)17-9-11-18(40-5)12-10-17/h6-12,16,21H,13-15H2,1-5H3,(H,30,31)(H,38,39)/t16-,21?/m1/s1. The van der Waals surface area contributed by atoms with Crippen LogP contribution in [0.3, 0.4) is 0 Å². The second-order valence-corrected chi connectivity index (χ2v) is 11.8. The number of nitrogens with one attached hydrogen (secondary N) is 1. The molecule has 2 atom stereocenters. The maximum absolute atomic E-state index is 13.6. The number of nitrogens with zero attached hydrogens (tertiary/aromatic N) is 6. The molecule has 1 aliphatic rings. The first kappa shape index (κ1) is 27.6. The Morgan fingerprint density at radius 2 is 1.85 bits per heavy atom. The zero-order valence-electron chi connectivity index (χ0n) is 23.1. The molecule has 40 heavy (non-hydrogen) atoms. The fraction of sp³-hybridized carbons (Fsp3) is 0.393. The van der Waals surface area contributed by atoms with Gasteiger partial charge in [-0.25, -0.2) is 14.8 Å². The van der Waals surface area contributed by atoms with Crippen LogP contribution in [0.5, 0.6) is 5.75 Å². The molecule has 2 amide bonds. The van der Waals surface area contributed by atoms with Gasteiger partial charge < -0.3 is 25.0 Å². The lowest BCUT2D eigenvalue weighted by Gasteiger charge is -2.46. The number of carbonyl (C=O) groups excluding carboxylic acids is 1. The third kappa shape index (κ3) is 5.15. The van der Waals surface area contributed by atoms with Crippen LogP contribution in [0.25, 0.3) is 27.9 Å². The third-order valence-corrected chi connectivity index (χ3v) is 7.89. The Bertz CT molecular complexity index is 1580. The van der Waals surface area contributed by atoms with Crippen LogP contribution >= 0.6 is 15.9 Å². The molecule has 2 N–H and O–H groups in total. The predicted octanol–water partition coefficient (Wildman–Crippen LogP) is 4.75. The number of carbonyl (C=O) groups is 2. The average Bonchev–Trinajstić information content (AvgIpc) is 3.38. The summed E-state index contributed by atoms with van der Waals surface area (Å²) < 4.78 is 7.69. The molecule has 1 saturated heterocycles. The molecule has 0 radical (unpaired) electrons. The van der Waals surface area contributed by atoms with Crippen molar-refractivity contribution in [1.29, 1.82) is 0 Å². The quantitative estimate of drug-likeness (QED) is 0.332. The lowest BCUT2D eigenvalue weighted by molar-refractivity contribution is -0.135. The van der Waals surface area contributed by atoms with E-state index in [0.717, 1.165) is 21.2 Å². The van der Waals surface area contributed by atoms with Crippen molar-refractivity contribution in [3.05, 3.63) is 46.9 Å². The van der Waals surface area contributed by atoms with Gasteiger partial charge in [-0.1, -0.05) is 26.8 Å². The first-order chi connectivity index (χ1) is 19.0. The highest BCUT2D eigenvalue weighted by molar-refractivity contribution is 9.10. The van der Waals surface area contributed by atoms with E-state index in [0.29, 0.717) is 36.0 Å². The van der Waals surface area contributed by atoms with Gasteiger partial charge in [-0.05, 0) is 64.7 Å². The number of piperazine rings is 1. The van der Waals surface area contributed by atoms with Crippen molar-refractivity contribution in [2.24, 2.45) is 5.41 Å². The van der Waals surface area contributed by atoms with Crippen molar-refractivity contribution >= 4 is 50.4 Å². The normalized spacial score (nSPS) is 16.8. The number of carboxylic acid groups (broad SMARTS) is 1. The molecule has 0 aliphatic carbocycles. The summed E-state index contributed by atoms with van der Waals surface area (Å²) in [5.41, 5.74) is 1.77. The van der Waals surface area contributed by atoms with E-state index < -0.39 is 12.1 Å². The van der Waals surface area contributed by atoms with E-state index in [2.05, 4.69) is 21.2 Å². The summed E-state index contributed by atoms with van der Waals surface area (Å²) in [7, 11) is 1.61. The van der Waals surface area contributed by atoms with E-state index >= 15 is 0 Å². The lowest BCUT2D eigenvalue weighted by atomic mass is 9.84. The van der Waals surface area contributed by atoms with E-state index in [4.69, 9.17) is 19.8 Å². The topological polar surface area (TPSA) is 125 Å². The predicted molar refractivity (Wildman–Crippen MR) is 156 cm³/mol. The summed E-state index contributed by atoms with van der Waals surface area (Å²) in [5.74, 6) is 1.48. The average molecular weight is 611 g/mol. The summed E-state index contributed by atoms with van der Waals surface area (Å²) in [4.78, 5) is 38.3. The summed E-state index contributed by atoms with van der Waals surface area (Å²) in [5, 5.41) is 18.5.